The van der Waals surface area contributed by atoms with E-state index in [1.54, 1.807) is 0 Å². The Morgan fingerprint density at radius 1 is 1.15 bits per heavy atom. The average molecular weight is 210 g/mol. The zero-order valence-electron chi connectivity index (χ0n) is 6.25. The zero-order valence-corrected chi connectivity index (χ0v) is 7.06. The van der Waals surface area contributed by atoms with E-state index in [2.05, 4.69) is 4.98 Å². The number of hydrogen-bond donors (Lipinski definition) is 0. The minimum atomic E-state index is -4.47. The lowest BCUT2D eigenvalue weighted by Gasteiger charge is -2.01. The molecule has 0 unspecified atom stereocenters. The second-order valence-corrected chi connectivity index (χ2v) is 2.11. The smallest absolute Gasteiger partial charge is 0.166 e. The third kappa shape index (κ3) is 2.60. The fourth-order valence-corrected chi connectivity index (χ4v) is 0.801. The van der Waals surface area contributed by atoms with E-state index in [-0.39, 0.29) is 12.4 Å². The van der Waals surface area contributed by atoms with Crippen LogP contribution >= 0.6 is 12.4 Å². The van der Waals surface area contributed by atoms with E-state index in [4.69, 9.17) is 5.39 Å². The van der Waals surface area contributed by atoms with Gasteiger partial charge in [0.2, 0.25) is 5.39 Å². The van der Waals surface area contributed by atoms with Gasteiger partial charge in [0.15, 0.2) is 10.5 Å². The summed E-state index contributed by atoms with van der Waals surface area (Å²) >= 11 is 0. The lowest BCUT2D eigenvalue weighted by atomic mass is 10.2. The molecule has 0 aliphatic rings. The van der Waals surface area contributed by atoms with Crippen LogP contribution in [0.2, 0.25) is 0 Å². The first-order valence-corrected chi connectivity index (χ1v) is 3.07. The van der Waals surface area contributed by atoms with Gasteiger partial charge in [0.25, 0.3) is 0 Å². The van der Waals surface area contributed by atoms with Crippen LogP contribution in [0.1, 0.15) is 5.56 Å². The predicted molar refractivity (Wildman–Crippen MR) is 43.4 cm³/mol. The maximum absolute atomic E-state index is 12.1. The quantitative estimate of drug-likeness (QED) is 0.600. The molecule has 0 heterocycles. The first kappa shape index (κ1) is 11.7. The van der Waals surface area contributed by atoms with Crippen LogP contribution < -0.4 is 0 Å². The molecule has 0 spiro atoms. The summed E-state index contributed by atoms with van der Waals surface area (Å²) in [6, 6.07) is 4.54. The third-order valence-electron chi connectivity index (χ3n) is 1.32. The maximum Gasteiger partial charge on any atom is 0.424 e. The van der Waals surface area contributed by atoms with Crippen LogP contribution in [0.5, 0.6) is 0 Å². The second-order valence-electron chi connectivity index (χ2n) is 2.11. The molecule has 0 aliphatic carbocycles. The molecular formula is C7H5ClF3N2+. The van der Waals surface area contributed by atoms with Crippen LogP contribution in [0.25, 0.3) is 4.98 Å². The van der Waals surface area contributed by atoms with Crippen molar-refractivity contribution in [2.75, 3.05) is 0 Å². The van der Waals surface area contributed by atoms with E-state index in [1.807, 2.05) is 0 Å². The highest BCUT2D eigenvalue weighted by Crippen LogP contribution is 2.35. The highest BCUT2D eigenvalue weighted by Gasteiger charge is 2.38. The number of halogens is 4. The van der Waals surface area contributed by atoms with E-state index in [1.165, 1.54) is 12.1 Å². The summed E-state index contributed by atoms with van der Waals surface area (Å²) < 4.78 is 36.2. The minimum absolute atomic E-state index is 0. The highest BCUT2D eigenvalue weighted by atomic mass is 35.5. The van der Waals surface area contributed by atoms with Crippen LogP contribution in [0.4, 0.5) is 18.9 Å². The van der Waals surface area contributed by atoms with E-state index < -0.39 is 17.4 Å². The van der Waals surface area contributed by atoms with Gasteiger partial charge >= 0.3 is 11.9 Å². The van der Waals surface area contributed by atoms with Gasteiger partial charge in [0.1, 0.15) is 0 Å². The number of rotatable bonds is 0. The Bertz CT molecular complexity index is 329. The molecule has 0 fully saturated rings. The normalized spacial score (nSPS) is 10.0. The van der Waals surface area contributed by atoms with Gasteiger partial charge in [-0.25, -0.2) is 0 Å². The van der Waals surface area contributed by atoms with Gasteiger partial charge in [-0.3, -0.25) is 0 Å². The fraction of sp³-hybridized carbons (Fsp3) is 0.143. The molecule has 0 radical (unpaired) electrons. The minimum Gasteiger partial charge on any atom is -0.166 e. The fourth-order valence-electron chi connectivity index (χ4n) is 0.801. The Hall–Kier alpha value is -1.28. The van der Waals surface area contributed by atoms with E-state index in [0.29, 0.717) is 0 Å². The number of benzene rings is 1. The number of alkyl halides is 3. The number of hydrogen-bond acceptors (Lipinski definition) is 1. The largest absolute Gasteiger partial charge is 0.424 e. The average Bonchev–Trinajstić information content (AvgIpc) is 2.03. The predicted octanol–water partition coefficient (Wildman–Crippen LogP) is 3.61. The summed E-state index contributed by atoms with van der Waals surface area (Å²) in [7, 11) is 0. The van der Waals surface area contributed by atoms with Gasteiger partial charge in [-0.05, 0) is 6.07 Å². The van der Waals surface area contributed by atoms with E-state index in [0.717, 1.165) is 12.1 Å². The maximum atomic E-state index is 12.1. The van der Waals surface area contributed by atoms with Gasteiger partial charge in [0.05, 0.1) is 0 Å². The molecule has 0 N–H and O–H groups in total. The number of diazo groups is 1. The first-order valence-electron chi connectivity index (χ1n) is 3.07. The monoisotopic (exact) mass is 209 g/mol. The summed E-state index contributed by atoms with van der Waals surface area (Å²) in [6.45, 7) is 0. The molecule has 0 bridgehead atoms. The van der Waals surface area contributed by atoms with Crippen molar-refractivity contribution < 1.29 is 13.2 Å². The van der Waals surface area contributed by atoms with Crippen LogP contribution in [-0.4, -0.2) is 0 Å². The van der Waals surface area contributed by atoms with E-state index >= 15 is 0 Å². The summed E-state index contributed by atoms with van der Waals surface area (Å²) in [4.78, 5) is 2.52. The summed E-state index contributed by atoms with van der Waals surface area (Å²) in [6.07, 6.45) is -4.47. The highest BCUT2D eigenvalue weighted by molar-refractivity contribution is 5.85. The molecule has 0 aromatic heterocycles. The molecule has 0 aliphatic heterocycles. The molecular weight excluding hydrogens is 205 g/mol. The second kappa shape index (κ2) is 4.10. The molecule has 1 aromatic rings. The molecule has 0 amide bonds. The summed E-state index contributed by atoms with van der Waals surface area (Å²) in [5.41, 5.74) is -1.41. The Morgan fingerprint density at radius 2 is 1.69 bits per heavy atom. The number of nitrogens with zero attached hydrogens (tertiary/aromatic N) is 2. The SMILES string of the molecule is Cl.N#[N+]c1ccccc1C(F)(F)F. The molecule has 0 saturated carbocycles. The lowest BCUT2D eigenvalue weighted by molar-refractivity contribution is -0.136. The van der Waals surface area contributed by atoms with Gasteiger partial charge < -0.3 is 0 Å². The standard InChI is InChI=1S/C7H4F3N2.ClH/c8-7(9,10)5-3-1-2-4-6(5)12-11;/h1-4H;1H/q+1;. The van der Waals surface area contributed by atoms with Crippen molar-refractivity contribution in [1.82, 2.24) is 0 Å². The molecule has 2 nitrogen and oxygen atoms in total. The van der Waals surface area contributed by atoms with Crippen molar-refractivity contribution in [3.05, 3.63) is 34.8 Å². The Labute approximate surface area is 78.4 Å². The lowest BCUT2D eigenvalue weighted by Crippen LogP contribution is -2.04. The molecule has 70 valence electrons. The molecule has 6 heteroatoms. The van der Waals surface area contributed by atoms with Crippen molar-refractivity contribution in [3.8, 4) is 0 Å². The van der Waals surface area contributed by atoms with Gasteiger partial charge in [-0.2, -0.15) is 13.2 Å². The van der Waals surface area contributed by atoms with Crippen molar-refractivity contribution in [1.29, 1.82) is 5.39 Å². The summed E-state index contributed by atoms with van der Waals surface area (Å²) in [5.74, 6) is 0. The van der Waals surface area contributed by atoms with Crippen LogP contribution in [-0.2, 0) is 6.18 Å². The molecule has 0 saturated heterocycles. The Morgan fingerprint density at radius 3 is 2.08 bits per heavy atom. The zero-order chi connectivity index (χ0) is 9.19. The van der Waals surface area contributed by atoms with Crippen LogP contribution in [0, 0.1) is 5.39 Å². The van der Waals surface area contributed by atoms with Crippen LogP contribution in [0.15, 0.2) is 24.3 Å². The molecule has 1 aromatic carbocycles. The van der Waals surface area contributed by atoms with Crippen molar-refractivity contribution in [3.63, 3.8) is 0 Å². The van der Waals surface area contributed by atoms with Gasteiger partial charge in [-0.1, -0.05) is 12.1 Å². The Balaban J connectivity index is 0.00000144. The van der Waals surface area contributed by atoms with Crippen LogP contribution in [0.3, 0.4) is 0 Å². The van der Waals surface area contributed by atoms with Crippen molar-refractivity contribution in [2.45, 2.75) is 6.18 Å². The van der Waals surface area contributed by atoms with E-state index in [9.17, 15) is 13.2 Å². The first-order chi connectivity index (χ1) is 5.55. The van der Waals surface area contributed by atoms with Crippen molar-refractivity contribution >= 4 is 18.1 Å². The molecule has 0 atom stereocenters. The van der Waals surface area contributed by atoms with Gasteiger partial charge in [0, 0.05) is 6.07 Å². The summed E-state index contributed by atoms with van der Waals surface area (Å²) in [5, 5.41) is 8.21. The Kier molecular flexibility index (Phi) is 3.69. The van der Waals surface area contributed by atoms with Crippen molar-refractivity contribution in [2.24, 2.45) is 0 Å². The topological polar surface area (TPSA) is 28.1 Å². The third-order valence-corrected chi connectivity index (χ3v) is 1.32. The molecule has 13 heavy (non-hydrogen) atoms. The van der Waals surface area contributed by atoms with Gasteiger partial charge in [-0.15, -0.1) is 12.4 Å². The molecule has 1 rings (SSSR count).